The third-order valence-electron chi connectivity index (χ3n) is 4.24. The monoisotopic (exact) mass is 398 g/mol. The molecule has 0 unspecified atom stereocenters. The molecule has 2 aromatic rings. The molecule has 0 radical (unpaired) electrons. The quantitative estimate of drug-likeness (QED) is 0.644. The summed E-state index contributed by atoms with van der Waals surface area (Å²) in [6.07, 6.45) is 0.656. The highest BCUT2D eigenvalue weighted by Crippen LogP contribution is 2.28. The van der Waals surface area contributed by atoms with Crippen LogP contribution in [-0.4, -0.2) is 38.1 Å². The van der Waals surface area contributed by atoms with Crippen LogP contribution in [0.4, 0.5) is 0 Å². The van der Waals surface area contributed by atoms with E-state index in [1.54, 1.807) is 0 Å². The van der Waals surface area contributed by atoms with Gasteiger partial charge >= 0.3 is 0 Å². The Labute approximate surface area is 172 Å². The molecular formula is C23H30N2O4. The van der Waals surface area contributed by atoms with Gasteiger partial charge in [-0.15, -0.1) is 0 Å². The van der Waals surface area contributed by atoms with Gasteiger partial charge in [0.05, 0.1) is 19.8 Å². The molecule has 0 atom stereocenters. The minimum Gasteiger partial charge on any atom is -0.490 e. The Kier molecular flexibility index (Phi) is 8.52. The fourth-order valence-corrected chi connectivity index (χ4v) is 3.03. The Morgan fingerprint density at radius 1 is 0.862 bits per heavy atom. The molecule has 0 saturated heterocycles. The van der Waals surface area contributed by atoms with Gasteiger partial charge in [0, 0.05) is 12.1 Å². The summed E-state index contributed by atoms with van der Waals surface area (Å²) in [6, 6.07) is 11.4. The van der Waals surface area contributed by atoms with Crippen molar-refractivity contribution >= 4 is 11.8 Å². The minimum atomic E-state index is -0.250. The standard InChI is InChI=1S/C23H30N2O4/c1-5-28-20-8-7-18(14-21(20)29-6-2)9-10-24-22(26)15-25-23(27)19-12-16(3)11-17(4)13-19/h7-8,11-14H,5-6,9-10,15H2,1-4H3,(H,24,26)(H,25,27). The van der Waals surface area contributed by atoms with Crippen molar-refractivity contribution < 1.29 is 19.1 Å². The molecule has 0 heterocycles. The summed E-state index contributed by atoms with van der Waals surface area (Å²) in [6.45, 7) is 9.27. The Morgan fingerprint density at radius 2 is 1.52 bits per heavy atom. The van der Waals surface area contributed by atoms with Gasteiger partial charge in [0.2, 0.25) is 5.91 Å². The van der Waals surface area contributed by atoms with Crippen molar-refractivity contribution in [3.05, 3.63) is 58.7 Å². The van der Waals surface area contributed by atoms with Gasteiger partial charge < -0.3 is 20.1 Å². The second-order valence-electron chi connectivity index (χ2n) is 6.81. The number of carbonyl (C=O) groups is 2. The molecule has 156 valence electrons. The van der Waals surface area contributed by atoms with Gasteiger partial charge in [-0.2, -0.15) is 0 Å². The maximum Gasteiger partial charge on any atom is 0.251 e. The fourth-order valence-electron chi connectivity index (χ4n) is 3.03. The van der Waals surface area contributed by atoms with E-state index in [-0.39, 0.29) is 18.4 Å². The summed E-state index contributed by atoms with van der Waals surface area (Å²) < 4.78 is 11.2. The topological polar surface area (TPSA) is 76.7 Å². The predicted octanol–water partition coefficient (Wildman–Crippen LogP) is 3.19. The average molecular weight is 399 g/mol. The molecule has 2 N–H and O–H groups in total. The van der Waals surface area contributed by atoms with E-state index < -0.39 is 0 Å². The zero-order valence-corrected chi connectivity index (χ0v) is 17.6. The summed E-state index contributed by atoms with van der Waals surface area (Å²) in [5, 5.41) is 5.49. The first-order valence-electron chi connectivity index (χ1n) is 9.94. The number of hydrogen-bond donors (Lipinski definition) is 2. The summed E-state index contributed by atoms with van der Waals surface area (Å²) >= 11 is 0. The van der Waals surface area contributed by atoms with Crippen LogP contribution in [0.2, 0.25) is 0 Å². The first-order chi connectivity index (χ1) is 13.9. The van der Waals surface area contributed by atoms with Crippen molar-refractivity contribution in [2.75, 3.05) is 26.3 Å². The summed E-state index contributed by atoms with van der Waals surface area (Å²) in [4.78, 5) is 24.3. The lowest BCUT2D eigenvalue weighted by Gasteiger charge is -2.13. The van der Waals surface area contributed by atoms with E-state index in [4.69, 9.17) is 9.47 Å². The number of aryl methyl sites for hydroxylation is 2. The van der Waals surface area contributed by atoms with Gasteiger partial charge in [-0.3, -0.25) is 9.59 Å². The third kappa shape index (κ3) is 7.14. The Morgan fingerprint density at radius 3 is 2.17 bits per heavy atom. The van der Waals surface area contributed by atoms with Crippen LogP contribution in [0.25, 0.3) is 0 Å². The van der Waals surface area contributed by atoms with Crippen LogP contribution < -0.4 is 20.1 Å². The summed E-state index contributed by atoms with van der Waals surface area (Å²) in [5.74, 6) is 0.952. The first kappa shape index (κ1) is 22.3. The highest BCUT2D eigenvalue weighted by Gasteiger charge is 2.10. The molecule has 0 spiro atoms. The molecule has 6 nitrogen and oxygen atoms in total. The number of hydrogen-bond acceptors (Lipinski definition) is 4. The zero-order chi connectivity index (χ0) is 21.2. The molecule has 2 aromatic carbocycles. The maximum atomic E-state index is 12.2. The van der Waals surface area contributed by atoms with E-state index >= 15 is 0 Å². The van der Waals surface area contributed by atoms with Crippen LogP contribution >= 0.6 is 0 Å². The molecule has 2 amide bonds. The molecule has 0 fully saturated rings. The van der Waals surface area contributed by atoms with E-state index in [9.17, 15) is 9.59 Å². The van der Waals surface area contributed by atoms with E-state index in [0.29, 0.717) is 37.5 Å². The second-order valence-corrected chi connectivity index (χ2v) is 6.81. The average Bonchev–Trinajstić information content (AvgIpc) is 2.67. The van der Waals surface area contributed by atoms with E-state index in [1.165, 1.54) is 0 Å². The largest absolute Gasteiger partial charge is 0.490 e. The molecule has 6 heteroatoms. The SMILES string of the molecule is CCOc1ccc(CCNC(=O)CNC(=O)c2cc(C)cc(C)c2)cc1OCC. The molecule has 0 aliphatic carbocycles. The van der Waals surface area contributed by atoms with Gasteiger partial charge in [-0.25, -0.2) is 0 Å². The third-order valence-corrected chi connectivity index (χ3v) is 4.24. The Hall–Kier alpha value is -3.02. The lowest BCUT2D eigenvalue weighted by molar-refractivity contribution is -0.120. The van der Waals surface area contributed by atoms with Crippen molar-refractivity contribution in [2.24, 2.45) is 0 Å². The van der Waals surface area contributed by atoms with Crippen LogP contribution in [0.15, 0.2) is 36.4 Å². The molecular weight excluding hydrogens is 368 g/mol. The van der Waals surface area contributed by atoms with E-state index in [0.717, 1.165) is 22.4 Å². The van der Waals surface area contributed by atoms with Crippen LogP contribution in [0.3, 0.4) is 0 Å². The van der Waals surface area contributed by atoms with Crippen molar-refractivity contribution in [1.82, 2.24) is 10.6 Å². The lowest BCUT2D eigenvalue weighted by atomic mass is 10.1. The van der Waals surface area contributed by atoms with Crippen molar-refractivity contribution in [3.8, 4) is 11.5 Å². The molecule has 0 bridgehead atoms. The minimum absolute atomic E-state index is 0.0563. The van der Waals surface area contributed by atoms with Crippen LogP contribution in [0, 0.1) is 13.8 Å². The predicted molar refractivity (Wildman–Crippen MR) is 114 cm³/mol. The highest BCUT2D eigenvalue weighted by molar-refractivity contribution is 5.96. The zero-order valence-electron chi connectivity index (χ0n) is 17.6. The number of carbonyl (C=O) groups excluding carboxylic acids is 2. The van der Waals surface area contributed by atoms with Crippen molar-refractivity contribution in [2.45, 2.75) is 34.1 Å². The highest BCUT2D eigenvalue weighted by atomic mass is 16.5. The van der Waals surface area contributed by atoms with Gasteiger partial charge in [0.15, 0.2) is 11.5 Å². The Balaban J connectivity index is 1.80. The molecule has 0 aromatic heterocycles. The van der Waals surface area contributed by atoms with Crippen molar-refractivity contribution in [3.63, 3.8) is 0 Å². The summed E-state index contributed by atoms with van der Waals surface area (Å²) in [7, 11) is 0. The van der Waals surface area contributed by atoms with E-state index in [1.807, 2.05) is 64.1 Å². The van der Waals surface area contributed by atoms with Gasteiger partial charge in [0.1, 0.15) is 0 Å². The van der Waals surface area contributed by atoms with Crippen LogP contribution in [-0.2, 0) is 11.2 Å². The van der Waals surface area contributed by atoms with Crippen molar-refractivity contribution in [1.29, 1.82) is 0 Å². The number of nitrogens with one attached hydrogen (secondary N) is 2. The van der Waals surface area contributed by atoms with Gasteiger partial charge in [0.25, 0.3) is 5.91 Å². The maximum absolute atomic E-state index is 12.2. The molecule has 0 saturated carbocycles. The first-order valence-corrected chi connectivity index (χ1v) is 9.94. The Bertz CT molecular complexity index is 829. The number of benzene rings is 2. The summed E-state index contributed by atoms with van der Waals surface area (Å²) in [5.41, 5.74) is 3.63. The molecule has 2 rings (SSSR count). The van der Waals surface area contributed by atoms with Gasteiger partial charge in [-0.1, -0.05) is 23.3 Å². The molecule has 29 heavy (non-hydrogen) atoms. The molecule has 0 aliphatic heterocycles. The number of ether oxygens (including phenoxy) is 2. The number of amides is 2. The fraction of sp³-hybridized carbons (Fsp3) is 0.391. The molecule has 0 aliphatic rings. The normalized spacial score (nSPS) is 10.3. The van der Waals surface area contributed by atoms with E-state index in [2.05, 4.69) is 10.6 Å². The van der Waals surface area contributed by atoms with Crippen LogP contribution in [0.1, 0.15) is 40.9 Å². The smallest absolute Gasteiger partial charge is 0.251 e. The van der Waals surface area contributed by atoms with Crippen LogP contribution in [0.5, 0.6) is 11.5 Å². The lowest BCUT2D eigenvalue weighted by Crippen LogP contribution is -2.37. The second kappa shape index (κ2) is 11.1. The van der Waals surface area contributed by atoms with Gasteiger partial charge in [-0.05, 0) is 63.9 Å². The number of rotatable bonds is 10.